The fourth-order valence-corrected chi connectivity index (χ4v) is 3.47. The predicted octanol–water partition coefficient (Wildman–Crippen LogP) is 4.91. The highest BCUT2D eigenvalue weighted by atomic mass is 35.5. The number of anilines is 1. The zero-order valence-electron chi connectivity index (χ0n) is 15.6. The Morgan fingerprint density at radius 3 is 3.00 bits per heavy atom. The second-order valence-electron chi connectivity index (χ2n) is 6.60. The van der Waals surface area contributed by atoms with Crippen molar-refractivity contribution in [3.63, 3.8) is 0 Å². The number of urea groups is 1. The number of nitrogens with zero attached hydrogens (tertiary/aromatic N) is 3. The van der Waals surface area contributed by atoms with Gasteiger partial charge in [-0.05, 0) is 43.2 Å². The monoisotopic (exact) mass is 416 g/mol. The number of likely N-dealkylation sites (tertiary alicyclic amines) is 1. The minimum absolute atomic E-state index is 0.0550. The fraction of sp³-hybridized carbons (Fsp3) is 0.250. The van der Waals surface area contributed by atoms with Crippen LogP contribution < -0.4 is 10.1 Å². The van der Waals surface area contributed by atoms with E-state index in [2.05, 4.69) is 15.5 Å². The molecule has 1 aliphatic rings. The van der Waals surface area contributed by atoms with Crippen molar-refractivity contribution in [3.8, 4) is 17.1 Å². The van der Waals surface area contributed by atoms with Crippen molar-refractivity contribution in [2.24, 2.45) is 0 Å². The second-order valence-corrected chi connectivity index (χ2v) is 7.01. The zero-order valence-corrected chi connectivity index (χ0v) is 16.3. The third-order valence-electron chi connectivity index (χ3n) is 4.74. The van der Waals surface area contributed by atoms with Crippen LogP contribution in [0.4, 0.5) is 14.9 Å². The Morgan fingerprint density at radius 2 is 2.21 bits per heavy atom. The van der Waals surface area contributed by atoms with Gasteiger partial charge in [0, 0.05) is 17.8 Å². The molecule has 1 aliphatic heterocycles. The van der Waals surface area contributed by atoms with Gasteiger partial charge in [-0.15, -0.1) is 0 Å². The molecule has 0 saturated carbocycles. The van der Waals surface area contributed by atoms with Gasteiger partial charge < -0.3 is 19.5 Å². The van der Waals surface area contributed by atoms with Gasteiger partial charge in [0.2, 0.25) is 11.7 Å². The van der Waals surface area contributed by atoms with Crippen molar-refractivity contribution in [1.29, 1.82) is 0 Å². The highest BCUT2D eigenvalue weighted by Crippen LogP contribution is 2.33. The summed E-state index contributed by atoms with van der Waals surface area (Å²) >= 11 is 5.78. The van der Waals surface area contributed by atoms with E-state index in [4.69, 9.17) is 20.9 Å². The van der Waals surface area contributed by atoms with Gasteiger partial charge in [-0.25, -0.2) is 9.18 Å². The Kier molecular flexibility index (Phi) is 5.35. The number of carbonyl (C=O) groups is 1. The molecule has 1 aromatic heterocycles. The van der Waals surface area contributed by atoms with E-state index in [1.165, 1.54) is 18.2 Å². The van der Waals surface area contributed by atoms with Crippen LogP contribution in [0.25, 0.3) is 11.4 Å². The summed E-state index contributed by atoms with van der Waals surface area (Å²) in [6.45, 7) is 0.544. The minimum atomic E-state index is -0.542. The number of carbonyl (C=O) groups excluding carboxylic acids is 1. The molecule has 2 heterocycles. The lowest BCUT2D eigenvalue weighted by Crippen LogP contribution is -2.34. The number of aromatic nitrogens is 2. The van der Waals surface area contributed by atoms with Crippen LogP contribution in [0.1, 0.15) is 24.8 Å². The smallest absolute Gasteiger partial charge is 0.322 e. The number of halogens is 2. The Labute approximate surface area is 171 Å². The lowest BCUT2D eigenvalue weighted by Gasteiger charge is -2.22. The predicted molar refractivity (Wildman–Crippen MR) is 105 cm³/mol. The summed E-state index contributed by atoms with van der Waals surface area (Å²) in [6, 6.07) is 10.7. The van der Waals surface area contributed by atoms with E-state index in [0.29, 0.717) is 36.1 Å². The van der Waals surface area contributed by atoms with Gasteiger partial charge in [-0.2, -0.15) is 4.98 Å². The maximum Gasteiger partial charge on any atom is 0.322 e. The molecule has 29 heavy (non-hydrogen) atoms. The molecule has 9 heteroatoms. The SMILES string of the molecule is COc1cccc(-c2noc([C@@H]3CCCN3C(=O)Nc3ccc(F)c(Cl)c3)n2)c1. The number of nitrogens with one attached hydrogen (secondary N) is 1. The molecule has 150 valence electrons. The number of hydrogen-bond donors (Lipinski definition) is 1. The molecule has 0 unspecified atom stereocenters. The van der Waals surface area contributed by atoms with E-state index in [-0.39, 0.29) is 17.1 Å². The molecule has 0 aliphatic carbocycles. The van der Waals surface area contributed by atoms with E-state index in [1.54, 1.807) is 12.0 Å². The molecule has 4 rings (SSSR count). The zero-order chi connectivity index (χ0) is 20.4. The summed E-state index contributed by atoms with van der Waals surface area (Å²) in [5, 5.41) is 6.73. The van der Waals surface area contributed by atoms with Crippen molar-refractivity contribution in [2.45, 2.75) is 18.9 Å². The summed E-state index contributed by atoms with van der Waals surface area (Å²) < 4.78 is 24.0. The van der Waals surface area contributed by atoms with Crippen LogP contribution in [0.2, 0.25) is 5.02 Å². The van der Waals surface area contributed by atoms with E-state index in [1.807, 2.05) is 24.3 Å². The Bertz CT molecular complexity index is 1040. The van der Waals surface area contributed by atoms with Crippen LogP contribution in [-0.4, -0.2) is 34.7 Å². The molecular formula is C20H18ClFN4O3. The van der Waals surface area contributed by atoms with Crippen LogP contribution in [0.3, 0.4) is 0 Å². The molecular weight excluding hydrogens is 399 g/mol. The summed E-state index contributed by atoms with van der Waals surface area (Å²) in [6.07, 6.45) is 1.51. The standard InChI is InChI=1S/C20H18ClFN4O3/c1-28-14-5-2-4-12(10-14)18-24-19(29-25-18)17-6-3-9-26(17)20(27)23-13-7-8-16(22)15(21)11-13/h2,4-5,7-8,10-11,17H,3,6,9H2,1H3,(H,23,27)/t17-/m0/s1. The number of methoxy groups -OCH3 is 1. The third kappa shape index (κ3) is 4.02. The molecule has 1 fully saturated rings. The first-order valence-corrected chi connectivity index (χ1v) is 9.43. The number of benzene rings is 2. The first-order valence-electron chi connectivity index (χ1n) is 9.06. The molecule has 0 spiro atoms. The molecule has 1 atom stereocenters. The molecule has 1 saturated heterocycles. The molecule has 1 N–H and O–H groups in total. The lowest BCUT2D eigenvalue weighted by molar-refractivity contribution is 0.193. The molecule has 2 aromatic carbocycles. The van der Waals surface area contributed by atoms with Gasteiger partial charge in [0.15, 0.2) is 0 Å². The average Bonchev–Trinajstić information content (AvgIpc) is 3.40. The van der Waals surface area contributed by atoms with Crippen molar-refractivity contribution in [2.75, 3.05) is 19.0 Å². The Hall–Kier alpha value is -3.13. The van der Waals surface area contributed by atoms with Gasteiger partial charge in [0.25, 0.3) is 0 Å². The van der Waals surface area contributed by atoms with Gasteiger partial charge in [-0.3, -0.25) is 0 Å². The van der Waals surface area contributed by atoms with Crippen LogP contribution in [-0.2, 0) is 0 Å². The average molecular weight is 417 g/mol. The number of amides is 2. The van der Waals surface area contributed by atoms with Gasteiger partial charge in [-0.1, -0.05) is 28.9 Å². The molecule has 0 radical (unpaired) electrons. The lowest BCUT2D eigenvalue weighted by atomic mass is 10.2. The van der Waals surface area contributed by atoms with Crippen LogP contribution in [0, 0.1) is 5.82 Å². The quantitative estimate of drug-likeness (QED) is 0.653. The van der Waals surface area contributed by atoms with Crippen LogP contribution >= 0.6 is 11.6 Å². The molecule has 0 bridgehead atoms. The first kappa shape index (κ1) is 19.2. The fourth-order valence-electron chi connectivity index (χ4n) is 3.29. The highest BCUT2D eigenvalue weighted by Gasteiger charge is 2.34. The van der Waals surface area contributed by atoms with Crippen molar-refractivity contribution >= 4 is 23.3 Å². The number of rotatable bonds is 4. The van der Waals surface area contributed by atoms with E-state index in [9.17, 15) is 9.18 Å². The maximum absolute atomic E-state index is 13.3. The van der Waals surface area contributed by atoms with E-state index >= 15 is 0 Å². The van der Waals surface area contributed by atoms with Crippen molar-refractivity contribution in [1.82, 2.24) is 15.0 Å². The van der Waals surface area contributed by atoms with Crippen molar-refractivity contribution in [3.05, 3.63) is 59.2 Å². The van der Waals surface area contributed by atoms with E-state index < -0.39 is 5.82 Å². The maximum atomic E-state index is 13.3. The summed E-state index contributed by atoms with van der Waals surface area (Å²) in [4.78, 5) is 18.8. The van der Waals surface area contributed by atoms with E-state index in [0.717, 1.165) is 12.0 Å². The highest BCUT2D eigenvalue weighted by molar-refractivity contribution is 6.31. The Balaban J connectivity index is 1.51. The molecule has 2 amide bonds. The van der Waals surface area contributed by atoms with Crippen LogP contribution in [0.5, 0.6) is 5.75 Å². The summed E-state index contributed by atoms with van der Waals surface area (Å²) in [5.74, 6) is 0.942. The second kappa shape index (κ2) is 8.08. The third-order valence-corrected chi connectivity index (χ3v) is 5.03. The van der Waals surface area contributed by atoms with Crippen molar-refractivity contribution < 1.29 is 18.4 Å². The first-order chi connectivity index (χ1) is 14.0. The number of hydrogen-bond acceptors (Lipinski definition) is 5. The summed E-state index contributed by atoms with van der Waals surface area (Å²) in [7, 11) is 1.59. The number of ether oxygens (including phenoxy) is 1. The Morgan fingerprint density at radius 1 is 1.34 bits per heavy atom. The van der Waals surface area contributed by atoms with Crippen LogP contribution in [0.15, 0.2) is 47.0 Å². The van der Waals surface area contributed by atoms with Gasteiger partial charge in [0.05, 0.1) is 12.1 Å². The normalized spacial score (nSPS) is 16.1. The molecule has 3 aromatic rings. The molecule has 7 nitrogen and oxygen atoms in total. The largest absolute Gasteiger partial charge is 0.497 e. The summed E-state index contributed by atoms with van der Waals surface area (Å²) in [5.41, 5.74) is 1.17. The topological polar surface area (TPSA) is 80.5 Å². The minimum Gasteiger partial charge on any atom is -0.497 e. The van der Waals surface area contributed by atoms with Gasteiger partial charge >= 0.3 is 6.03 Å². The van der Waals surface area contributed by atoms with Gasteiger partial charge in [0.1, 0.15) is 17.6 Å².